The summed E-state index contributed by atoms with van der Waals surface area (Å²) < 4.78 is 0. The molecule has 2 aliphatic rings. The van der Waals surface area contributed by atoms with Crippen LogP contribution in [0, 0.1) is 10.8 Å². The van der Waals surface area contributed by atoms with Crippen molar-refractivity contribution in [3.63, 3.8) is 0 Å². The number of allylic oxidation sites excluding steroid dienone is 8. The first-order chi connectivity index (χ1) is 9.48. The monoisotopic (exact) mass is 504 g/mol. The van der Waals surface area contributed by atoms with Gasteiger partial charge in [0.1, 0.15) is 0 Å². The van der Waals surface area contributed by atoms with E-state index in [1.807, 2.05) is 0 Å². The zero-order chi connectivity index (χ0) is 16.3. The molecule has 2 atom stereocenters. The molecule has 3 heteroatoms. The second-order valence-corrected chi connectivity index (χ2v) is 7.97. The van der Waals surface area contributed by atoms with Crippen LogP contribution in [0.4, 0.5) is 0 Å². The first kappa shape index (κ1) is 20.5. The molecule has 2 aliphatic carbocycles. The van der Waals surface area contributed by atoms with E-state index >= 15 is 0 Å². The normalized spacial score (nSPS) is 32.5. The van der Waals surface area contributed by atoms with Crippen LogP contribution in [0.1, 0.15) is 61.8 Å². The van der Waals surface area contributed by atoms with Crippen LogP contribution in [0.3, 0.4) is 0 Å². The van der Waals surface area contributed by atoms with Crippen LogP contribution in [-0.2, 0) is 25.8 Å². The second kappa shape index (κ2) is 6.37. The van der Waals surface area contributed by atoms with Crippen molar-refractivity contribution in [2.75, 3.05) is 0 Å². The minimum atomic E-state index is -0.114. The Balaban J connectivity index is 0.00000242. The Morgan fingerprint density at radius 2 is 0.909 bits per heavy atom. The molecule has 0 spiro atoms. The summed E-state index contributed by atoms with van der Waals surface area (Å²) in [7, 11) is 0. The maximum absolute atomic E-state index is 6.73. The van der Waals surface area contributed by atoms with Gasteiger partial charge in [0.2, 0.25) is 0 Å². The van der Waals surface area contributed by atoms with Crippen molar-refractivity contribution in [3.05, 3.63) is 43.5 Å². The number of hydrogen-bond acceptors (Lipinski definition) is 0. The van der Waals surface area contributed by atoms with E-state index in [1.165, 1.54) is 33.4 Å². The molecule has 0 saturated carbocycles. The molecule has 0 radical (unpaired) electrons. The summed E-state index contributed by atoms with van der Waals surface area (Å²) >= 11 is 13.5. The molecule has 0 aliphatic heterocycles. The fourth-order valence-electron chi connectivity index (χ4n) is 4.00. The molecular formula is C19H26Cl2Hf. The zero-order valence-electron chi connectivity index (χ0n) is 15.0. The average molecular weight is 504 g/mol. The van der Waals surface area contributed by atoms with Gasteiger partial charge in [-0.3, -0.25) is 0 Å². The summed E-state index contributed by atoms with van der Waals surface area (Å²) in [6.07, 6.45) is 0.929. The molecule has 120 valence electrons. The van der Waals surface area contributed by atoms with Gasteiger partial charge in [-0.2, -0.15) is 0 Å². The molecule has 0 aromatic carbocycles. The van der Waals surface area contributed by atoms with Gasteiger partial charge in [0, 0.05) is 46.7 Å². The maximum Gasteiger partial charge on any atom is 0.0312 e. The topological polar surface area (TPSA) is 0 Å². The summed E-state index contributed by atoms with van der Waals surface area (Å²) in [5.74, 6) is 0. The van der Waals surface area contributed by atoms with Crippen molar-refractivity contribution in [3.8, 4) is 0 Å². The summed E-state index contributed by atoms with van der Waals surface area (Å²) in [6.45, 7) is 17.5. The third-order valence-corrected chi connectivity index (χ3v) is 7.64. The van der Waals surface area contributed by atoms with Crippen molar-refractivity contribution in [2.24, 2.45) is 10.8 Å². The summed E-state index contributed by atoms with van der Waals surface area (Å²) in [5.41, 5.74) is 7.66. The van der Waals surface area contributed by atoms with Crippen molar-refractivity contribution >= 4 is 23.2 Å². The smallest absolute Gasteiger partial charge is 0.0312 e. The molecule has 0 fully saturated rings. The molecule has 0 N–H and O–H groups in total. The van der Waals surface area contributed by atoms with Crippen LogP contribution in [0.5, 0.6) is 0 Å². The van der Waals surface area contributed by atoms with Gasteiger partial charge >= 0.3 is 0 Å². The number of hydrogen-bond donors (Lipinski definition) is 0. The van der Waals surface area contributed by atoms with Gasteiger partial charge < -0.3 is 0 Å². The van der Waals surface area contributed by atoms with E-state index in [1.54, 1.807) is 0 Å². The maximum atomic E-state index is 6.73. The van der Waals surface area contributed by atoms with E-state index in [4.69, 9.17) is 23.2 Å². The molecule has 0 amide bonds. The largest absolute Gasteiger partial charge is 0.0879 e. The van der Waals surface area contributed by atoms with Gasteiger partial charge in [-0.15, -0.1) is 0 Å². The van der Waals surface area contributed by atoms with Gasteiger partial charge in [-0.1, -0.05) is 48.2 Å². The van der Waals surface area contributed by atoms with E-state index in [9.17, 15) is 0 Å². The van der Waals surface area contributed by atoms with Gasteiger partial charge in [0.15, 0.2) is 0 Å². The molecule has 2 rings (SSSR count). The Labute approximate surface area is 164 Å². The SMILES string of the molecule is CC1=C(C)C(C)(CC2(C)C(C)=C(C)C(C)=C2Cl)C(Cl)=C1C.[Hf]. The van der Waals surface area contributed by atoms with Crippen molar-refractivity contribution < 1.29 is 25.8 Å². The summed E-state index contributed by atoms with van der Waals surface area (Å²) in [6, 6.07) is 0. The van der Waals surface area contributed by atoms with Crippen molar-refractivity contribution in [1.82, 2.24) is 0 Å². The first-order valence-corrected chi connectivity index (χ1v) is 8.34. The van der Waals surface area contributed by atoms with Crippen LogP contribution in [0.2, 0.25) is 0 Å². The van der Waals surface area contributed by atoms with Crippen LogP contribution in [-0.4, -0.2) is 0 Å². The Hall–Kier alpha value is 0.410. The average Bonchev–Trinajstić information content (AvgIpc) is 2.67. The van der Waals surface area contributed by atoms with Gasteiger partial charge in [-0.05, 0) is 70.3 Å². The van der Waals surface area contributed by atoms with Gasteiger partial charge in [-0.25, -0.2) is 0 Å². The third kappa shape index (κ3) is 2.60. The van der Waals surface area contributed by atoms with E-state index < -0.39 is 0 Å². The molecule has 0 nitrogen and oxygen atoms in total. The van der Waals surface area contributed by atoms with Crippen LogP contribution >= 0.6 is 23.2 Å². The van der Waals surface area contributed by atoms with Gasteiger partial charge in [0.25, 0.3) is 0 Å². The molecule has 0 heterocycles. The minimum Gasteiger partial charge on any atom is -0.0879 e. The van der Waals surface area contributed by atoms with Gasteiger partial charge in [0.05, 0.1) is 0 Å². The summed E-state index contributed by atoms with van der Waals surface area (Å²) in [5, 5.41) is 1.97. The van der Waals surface area contributed by atoms with Crippen molar-refractivity contribution in [1.29, 1.82) is 0 Å². The first-order valence-electron chi connectivity index (χ1n) is 7.59. The number of rotatable bonds is 2. The molecular weight excluding hydrogens is 478 g/mol. The molecule has 0 aromatic heterocycles. The Kier molecular flexibility index (Phi) is 5.93. The van der Waals surface area contributed by atoms with E-state index in [-0.39, 0.29) is 36.7 Å². The quantitative estimate of drug-likeness (QED) is 0.352. The fourth-order valence-corrected chi connectivity index (χ4v) is 4.70. The standard InChI is InChI=1S/C19H26Cl2.Hf/c1-10-12(3)16(20)18(7,14(10)5)9-19(8)15(6)11(2)13(4)17(19)21;/h9H2,1-8H3;. The predicted molar refractivity (Wildman–Crippen MR) is 94.7 cm³/mol. The number of halogens is 2. The van der Waals surface area contributed by atoms with Crippen LogP contribution < -0.4 is 0 Å². The van der Waals surface area contributed by atoms with Crippen molar-refractivity contribution in [2.45, 2.75) is 61.8 Å². The molecule has 0 aromatic rings. The fraction of sp³-hybridized carbons (Fsp3) is 0.579. The van der Waals surface area contributed by atoms with E-state index in [0.29, 0.717) is 0 Å². The van der Waals surface area contributed by atoms with E-state index in [2.05, 4.69) is 55.4 Å². The molecule has 0 saturated heterocycles. The van der Waals surface area contributed by atoms with Crippen LogP contribution in [0.25, 0.3) is 0 Å². The third-order valence-electron chi connectivity index (χ3n) is 6.24. The predicted octanol–water partition coefficient (Wildman–Crippen LogP) is 7.11. The Morgan fingerprint density at radius 3 is 1.09 bits per heavy atom. The van der Waals surface area contributed by atoms with Crippen LogP contribution in [0.15, 0.2) is 43.5 Å². The summed E-state index contributed by atoms with van der Waals surface area (Å²) in [4.78, 5) is 0. The molecule has 0 bridgehead atoms. The zero-order valence-corrected chi connectivity index (χ0v) is 20.1. The Bertz CT molecular complexity index is 540. The second-order valence-electron chi connectivity index (χ2n) is 7.22. The minimum absolute atomic E-state index is 0. The molecule has 2 unspecified atom stereocenters. The Morgan fingerprint density at radius 1 is 0.636 bits per heavy atom. The molecule has 22 heavy (non-hydrogen) atoms. The van der Waals surface area contributed by atoms with E-state index in [0.717, 1.165) is 16.5 Å².